The van der Waals surface area contributed by atoms with Crippen LogP contribution in [0, 0.1) is 0 Å². The summed E-state index contributed by atoms with van der Waals surface area (Å²) >= 11 is 3.43. The molecule has 3 aromatic heterocycles. The minimum Gasteiger partial charge on any atom is -0.443 e. The van der Waals surface area contributed by atoms with Crippen LogP contribution in [0.4, 0.5) is 4.79 Å². The van der Waals surface area contributed by atoms with Crippen LogP contribution in [0.1, 0.15) is 20.8 Å². The third kappa shape index (κ3) is 3.27. The van der Waals surface area contributed by atoms with Crippen molar-refractivity contribution < 1.29 is 9.53 Å². The lowest BCUT2D eigenvalue weighted by atomic mass is 10.1. The summed E-state index contributed by atoms with van der Waals surface area (Å²) in [5.74, 6) is 0. The Morgan fingerprint density at radius 2 is 2.09 bits per heavy atom. The molecule has 0 atom stereocenters. The molecule has 0 unspecified atom stereocenters. The predicted octanol–water partition coefficient (Wildman–Crippen LogP) is 4.64. The van der Waals surface area contributed by atoms with Gasteiger partial charge in [0.2, 0.25) is 0 Å². The van der Waals surface area contributed by atoms with Gasteiger partial charge in [0.05, 0.1) is 0 Å². The SMILES string of the molecule is CC(C)(C)OC(=O)n1cc(-c2cccnc2)c2cc(Br)cnc21. The van der Waals surface area contributed by atoms with E-state index in [1.807, 2.05) is 39.0 Å². The molecule has 3 rings (SSSR count). The predicted molar refractivity (Wildman–Crippen MR) is 92.3 cm³/mol. The van der Waals surface area contributed by atoms with E-state index in [0.29, 0.717) is 5.65 Å². The van der Waals surface area contributed by atoms with Gasteiger partial charge in [0, 0.05) is 45.8 Å². The van der Waals surface area contributed by atoms with E-state index >= 15 is 0 Å². The Balaban J connectivity index is 2.19. The second-order valence-electron chi connectivity index (χ2n) is 6.16. The molecule has 0 N–H and O–H groups in total. The molecule has 6 heteroatoms. The highest BCUT2D eigenvalue weighted by Gasteiger charge is 2.22. The number of ether oxygens (including phenoxy) is 1. The van der Waals surface area contributed by atoms with Crippen molar-refractivity contribution in [2.24, 2.45) is 0 Å². The van der Waals surface area contributed by atoms with Gasteiger partial charge in [0.25, 0.3) is 0 Å². The van der Waals surface area contributed by atoms with Crippen molar-refractivity contribution in [2.45, 2.75) is 26.4 Å². The molecule has 0 saturated heterocycles. The molecule has 0 radical (unpaired) electrons. The van der Waals surface area contributed by atoms with Gasteiger partial charge in [-0.25, -0.2) is 14.3 Å². The smallest absolute Gasteiger partial charge is 0.420 e. The van der Waals surface area contributed by atoms with Gasteiger partial charge in [-0.2, -0.15) is 0 Å². The molecule has 23 heavy (non-hydrogen) atoms. The lowest BCUT2D eigenvalue weighted by molar-refractivity contribution is 0.0544. The Hall–Kier alpha value is -2.21. The fraction of sp³-hybridized carbons (Fsp3) is 0.235. The van der Waals surface area contributed by atoms with E-state index in [1.54, 1.807) is 24.8 Å². The number of carbonyl (C=O) groups excluding carboxylic acids is 1. The number of fused-ring (bicyclic) bond motifs is 1. The molecule has 0 aliphatic heterocycles. The van der Waals surface area contributed by atoms with Crippen LogP contribution in [0.3, 0.4) is 0 Å². The van der Waals surface area contributed by atoms with Gasteiger partial charge in [0.15, 0.2) is 0 Å². The van der Waals surface area contributed by atoms with E-state index < -0.39 is 11.7 Å². The molecule has 5 nitrogen and oxygen atoms in total. The number of rotatable bonds is 1. The Labute approximate surface area is 142 Å². The highest BCUT2D eigenvalue weighted by molar-refractivity contribution is 9.10. The highest BCUT2D eigenvalue weighted by atomic mass is 79.9. The topological polar surface area (TPSA) is 57.0 Å². The van der Waals surface area contributed by atoms with Gasteiger partial charge in [0.1, 0.15) is 11.2 Å². The molecular weight excluding hydrogens is 358 g/mol. The Kier molecular flexibility index (Phi) is 3.93. The van der Waals surface area contributed by atoms with E-state index in [4.69, 9.17) is 4.74 Å². The summed E-state index contributed by atoms with van der Waals surface area (Å²) in [5.41, 5.74) is 1.78. The van der Waals surface area contributed by atoms with E-state index in [1.165, 1.54) is 4.57 Å². The Morgan fingerprint density at radius 1 is 1.30 bits per heavy atom. The van der Waals surface area contributed by atoms with Crippen molar-refractivity contribution in [1.29, 1.82) is 0 Å². The molecule has 3 aromatic rings. The van der Waals surface area contributed by atoms with E-state index in [0.717, 1.165) is 21.0 Å². The number of hydrogen-bond donors (Lipinski definition) is 0. The van der Waals surface area contributed by atoms with Crippen molar-refractivity contribution in [3.05, 3.63) is 47.5 Å². The number of pyridine rings is 2. The standard InChI is InChI=1S/C17H16BrN3O2/c1-17(2,3)23-16(22)21-10-14(11-5-4-6-19-8-11)13-7-12(18)9-20-15(13)21/h4-10H,1-3H3. The number of hydrogen-bond acceptors (Lipinski definition) is 4. The monoisotopic (exact) mass is 373 g/mol. The van der Waals surface area contributed by atoms with Crippen molar-refractivity contribution in [3.8, 4) is 11.1 Å². The molecule has 0 spiro atoms. The average Bonchev–Trinajstić information content (AvgIpc) is 2.85. The van der Waals surface area contributed by atoms with Gasteiger partial charge < -0.3 is 4.74 Å². The number of aromatic nitrogens is 3. The quantitative estimate of drug-likeness (QED) is 0.623. The molecule has 0 saturated carbocycles. The van der Waals surface area contributed by atoms with E-state index in [9.17, 15) is 4.79 Å². The number of nitrogens with zero attached hydrogens (tertiary/aromatic N) is 3. The van der Waals surface area contributed by atoms with Gasteiger partial charge >= 0.3 is 6.09 Å². The molecule has 3 heterocycles. The largest absolute Gasteiger partial charge is 0.443 e. The minimum atomic E-state index is -0.572. The van der Waals surface area contributed by atoms with Crippen LogP contribution >= 0.6 is 15.9 Å². The van der Waals surface area contributed by atoms with Crippen LogP contribution in [0.25, 0.3) is 22.2 Å². The summed E-state index contributed by atoms with van der Waals surface area (Å²) in [7, 11) is 0. The summed E-state index contributed by atoms with van der Waals surface area (Å²) in [4.78, 5) is 21.0. The first-order valence-corrected chi connectivity index (χ1v) is 7.95. The maximum absolute atomic E-state index is 12.5. The second-order valence-corrected chi connectivity index (χ2v) is 7.08. The van der Waals surface area contributed by atoms with Gasteiger partial charge in [-0.05, 0) is 48.8 Å². The minimum absolute atomic E-state index is 0.451. The average molecular weight is 374 g/mol. The molecule has 0 aliphatic rings. The molecule has 0 fully saturated rings. The van der Waals surface area contributed by atoms with Gasteiger partial charge in [-0.3, -0.25) is 4.98 Å². The summed E-state index contributed by atoms with van der Waals surface area (Å²) in [6.07, 6.45) is 6.43. The molecule has 118 valence electrons. The van der Waals surface area contributed by atoms with Crippen LogP contribution in [0.15, 0.2) is 47.5 Å². The Bertz CT molecular complexity index is 867. The molecule has 0 bridgehead atoms. The fourth-order valence-electron chi connectivity index (χ4n) is 2.28. The molecule has 0 amide bonds. The third-order valence-corrected chi connectivity index (χ3v) is 3.61. The zero-order chi connectivity index (χ0) is 16.6. The first-order valence-electron chi connectivity index (χ1n) is 7.15. The first-order chi connectivity index (χ1) is 10.8. The summed E-state index contributed by atoms with van der Waals surface area (Å²) in [6, 6.07) is 5.74. The van der Waals surface area contributed by atoms with Crippen molar-refractivity contribution in [2.75, 3.05) is 0 Å². The van der Waals surface area contributed by atoms with Crippen LogP contribution in [-0.4, -0.2) is 26.2 Å². The Morgan fingerprint density at radius 3 is 2.74 bits per heavy atom. The maximum Gasteiger partial charge on any atom is 0.420 e. The summed E-state index contributed by atoms with van der Waals surface area (Å²) in [6.45, 7) is 5.51. The van der Waals surface area contributed by atoms with E-state index in [-0.39, 0.29) is 0 Å². The lowest BCUT2D eigenvalue weighted by Gasteiger charge is -2.19. The van der Waals surface area contributed by atoms with Crippen LogP contribution in [-0.2, 0) is 4.74 Å². The summed E-state index contributed by atoms with van der Waals surface area (Å²) in [5, 5.41) is 0.859. The third-order valence-electron chi connectivity index (χ3n) is 3.17. The molecular formula is C17H16BrN3O2. The number of carbonyl (C=O) groups is 1. The van der Waals surface area contributed by atoms with Gasteiger partial charge in [-0.15, -0.1) is 0 Å². The van der Waals surface area contributed by atoms with Crippen molar-refractivity contribution in [1.82, 2.24) is 14.5 Å². The lowest BCUT2D eigenvalue weighted by Crippen LogP contribution is -2.26. The zero-order valence-electron chi connectivity index (χ0n) is 13.1. The molecule has 0 aliphatic carbocycles. The maximum atomic E-state index is 12.5. The van der Waals surface area contributed by atoms with Crippen LogP contribution in [0.2, 0.25) is 0 Å². The fourth-order valence-corrected chi connectivity index (χ4v) is 2.62. The summed E-state index contributed by atoms with van der Waals surface area (Å²) < 4.78 is 7.75. The normalized spacial score (nSPS) is 11.7. The van der Waals surface area contributed by atoms with Crippen molar-refractivity contribution in [3.63, 3.8) is 0 Å². The van der Waals surface area contributed by atoms with E-state index in [2.05, 4.69) is 25.9 Å². The second kappa shape index (κ2) is 5.77. The van der Waals surface area contributed by atoms with Crippen LogP contribution in [0.5, 0.6) is 0 Å². The zero-order valence-corrected chi connectivity index (χ0v) is 14.7. The first kappa shape index (κ1) is 15.7. The highest BCUT2D eigenvalue weighted by Crippen LogP contribution is 2.31. The van der Waals surface area contributed by atoms with Crippen molar-refractivity contribution >= 4 is 33.1 Å². The number of halogens is 1. The molecule has 0 aromatic carbocycles. The van der Waals surface area contributed by atoms with Gasteiger partial charge in [-0.1, -0.05) is 6.07 Å². The van der Waals surface area contributed by atoms with Crippen LogP contribution < -0.4 is 0 Å².